The second-order valence-electron chi connectivity index (χ2n) is 7.45. The molecule has 9 heteroatoms. The summed E-state index contributed by atoms with van der Waals surface area (Å²) in [5.41, 5.74) is 0. The van der Waals surface area contributed by atoms with Gasteiger partial charge in [0.05, 0.1) is 10.0 Å². The first-order valence-electron chi connectivity index (χ1n) is 9.79. The predicted octanol–water partition coefficient (Wildman–Crippen LogP) is 2.99. The van der Waals surface area contributed by atoms with Crippen molar-refractivity contribution in [2.75, 3.05) is 32.7 Å². The van der Waals surface area contributed by atoms with E-state index in [2.05, 4.69) is 17.1 Å². The number of piperidine rings is 2. The smallest absolute Gasteiger partial charge is 0.246 e. The first-order chi connectivity index (χ1) is 13.3. The van der Waals surface area contributed by atoms with Gasteiger partial charge < -0.3 is 10.2 Å². The van der Waals surface area contributed by atoms with E-state index in [1.807, 2.05) is 0 Å². The summed E-state index contributed by atoms with van der Waals surface area (Å²) in [4.78, 5) is 14.9. The van der Waals surface area contributed by atoms with Crippen LogP contribution in [0.4, 0.5) is 0 Å². The van der Waals surface area contributed by atoms with Gasteiger partial charge in [0, 0.05) is 38.1 Å². The van der Waals surface area contributed by atoms with Crippen LogP contribution >= 0.6 is 23.2 Å². The van der Waals surface area contributed by atoms with Crippen molar-refractivity contribution in [3.8, 4) is 0 Å². The van der Waals surface area contributed by atoms with Crippen LogP contribution in [-0.2, 0) is 14.8 Å². The fraction of sp³-hybridized carbons (Fsp3) is 0.632. The van der Waals surface area contributed by atoms with E-state index in [0.29, 0.717) is 12.8 Å². The summed E-state index contributed by atoms with van der Waals surface area (Å²) in [5, 5.41) is 3.39. The summed E-state index contributed by atoms with van der Waals surface area (Å²) in [7, 11) is -3.78. The third kappa shape index (κ3) is 4.82. The molecule has 1 amide bonds. The summed E-state index contributed by atoms with van der Waals surface area (Å²) in [6.45, 7) is 5.79. The molecule has 2 aliphatic heterocycles. The van der Waals surface area contributed by atoms with Crippen molar-refractivity contribution in [1.29, 1.82) is 0 Å². The van der Waals surface area contributed by atoms with E-state index in [1.165, 1.54) is 16.4 Å². The number of benzene rings is 1. The van der Waals surface area contributed by atoms with Crippen molar-refractivity contribution in [3.63, 3.8) is 0 Å². The van der Waals surface area contributed by atoms with Crippen LogP contribution in [0, 0.1) is 5.92 Å². The fourth-order valence-corrected chi connectivity index (χ4v) is 6.49. The Bertz CT molecular complexity index is 782. The van der Waals surface area contributed by atoms with Gasteiger partial charge in [-0.1, -0.05) is 36.2 Å². The minimum absolute atomic E-state index is 0.0442. The molecule has 6 nitrogen and oxygen atoms in total. The molecule has 0 saturated carbocycles. The Morgan fingerprint density at radius 2 is 1.64 bits per heavy atom. The van der Waals surface area contributed by atoms with Crippen molar-refractivity contribution in [2.45, 2.75) is 43.5 Å². The molecular weight excluding hydrogens is 421 g/mol. The Labute approximate surface area is 177 Å². The molecule has 0 radical (unpaired) electrons. The lowest BCUT2D eigenvalue weighted by Crippen LogP contribution is -2.48. The first kappa shape index (κ1) is 21.8. The third-order valence-corrected chi connectivity index (χ3v) is 8.58. The number of rotatable bonds is 5. The number of halogens is 2. The van der Waals surface area contributed by atoms with E-state index >= 15 is 0 Å². The van der Waals surface area contributed by atoms with Gasteiger partial charge in [0.2, 0.25) is 15.9 Å². The topological polar surface area (TPSA) is 69.7 Å². The van der Waals surface area contributed by atoms with Gasteiger partial charge in [-0.2, -0.15) is 4.31 Å². The van der Waals surface area contributed by atoms with Crippen LogP contribution in [0.5, 0.6) is 0 Å². The Morgan fingerprint density at radius 3 is 2.18 bits per heavy atom. The predicted molar refractivity (Wildman–Crippen MR) is 111 cm³/mol. The van der Waals surface area contributed by atoms with E-state index in [1.54, 1.807) is 6.07 Å². The maximum absolute atomic E-state index is 12.9. The summed E-state index contributed by atoms with van der Waals surface area (Å²) >= 11 is 12.2. The number of nitrogens with zero attached hydrogens (tertiary/aromatic N) is 2. The molecule has 0 aliphatic carbocycles. The van der Waals surface area contributed by atoms with Gasteiger partial charge in [-0.05, 0) is 44.4 Å². The van der Waals surface area contributed by atoms with E-state index in [0.717, 1.165) is 32.5 Å². The number of carbonyl (C=O) groups excluding carboxylic acids is 1. The van der Waals surface area contributed by atoms with Gasteiger partial charge in [0.25, 0.3) is 0 Å². The number of hydrogen-bond acceptors (Lipinski definition) is 4. The molecule has 2 fully saturated rings. The van der Waals surface area contributed by atoms with Gasteiger partial charge in [-0.3, -0.25) is 4.79 Å². The molecule has 2 heterocycles. The molecule has 0 unspecified atom stereocenters. The third-order valence-electron chi connectivity index (χ3n) is 5.72. The lowest BCUT2D eigenvalue weighted by atomic mass is 9.96. The highest BCUT2D eigenvalue weighted by Crippen LogP contribution is 2.33. The van der Waals surface area contributed by atoms with Crippen molar-refractivity contribution in [3.05, 3.63) is 28.2 Å². The average Bonchev–Trinajstić information content (AvgIpc) is 2.68. The normalized spacial score (nSPS) is 21.0. The molecule has 2 saturated heterocycles. The standard InChI is InChI=1S/C19H27Cl2N3O3S/c1-2-23-10-8-15(9-11-23)22-19(25)14-6-12-24(13-7-14)28(26,27)18-16(20)4-3-5-17(18)21/h3-5,14-15H,2,6-13H2,1H3,(H,22,25). The lowest BCUT2D eigenvalue weighted by molar-refractivity contribution is -0.127. The molecule has 0 atom stereocenters. The molecule has 0 aromatic heterocycles. The molecule has 2 aliphatic rings. The first-order valence-corrected chi connectivity index (χ1v) is 12.0. The van der Waals surface area contributed by atoms with Crippen LogP contribution in [0.1, 0.15) is 32.6 Å². The molecular formula is C19H27Cl2N3O3S. The van der Waals surface area contributed by atoms with E-state index in [9.17, 15) is 13.2 Å². The van der Waals surface area contributed by atoms with Crippen molar-refractivity contribution < 1.29 is 13.2 Å². The zero-order valence-electron chi connectivity index (χ0n) is 16.0. The average molecular weight is 448 g/mol. The highest BCUT2D eigenvalue weighted by molar-refractivity contribution is 7.89. The van der Waals surface area contributed by atoms with Crippen molar-refractivity contribution in [2.24, 2.45) is 5.92 Å². The summed E-state index contributed by atoms with van der Waals surface area (Å²) in [6, 6.07) is 4.87. The highest BCUT2D eigenvalue weighted by atomic mass is 35.5. The fourth-order valence-electron chi connectivity index (χ4n) is 3.93. The number of likely N-dealkylation sites (tertiary alicyclic amines) is 1. The molecule has 0 spiro atoms. The lowest BCUT2D eigenvalue weighted by Gasteiger charge is -2.34. The summed E-state index contributed by atoms with van der Waals surface area (Å²) < 4.78 is 27.2. The van der Waals surface area contributed by atoms with Crippen LogP contribution in [-0.4, -0.2) is 62.3 Å². The van der Waals surface area contributed by atoms with Gasteiger partial charge in [0.15, 0.2) is 0 Å². The second-order valence-corrected chi connectivity index (χ2v) is 10.1. The summed E-state index contributed by atoms with van der Waals surface area (Å²) in [6.07, 6.45) is 2.94. The molecule has 28 heavy (non-hydrogen) atoms. The van der Waals surface area contributed by atoms with Gasteiger partial charge in [0.1, 0.15) is 4.90 Å². The van der Waals surface area contributed by atoms with Crippen LogP contribution in [0.2, 0.25) is 10.0 Å². The monoisotopic (exact) mass is 447 g/mol. The molecule has 156 valence electrons. The molecule has 1 aromatic rings. The second kappa shape index (κ2) is 9.30. The van der Waals surface area contributed by atoms with Crippen LogP contribution in [0.3, 0.4) is 0 Å². The van der Waals surface area contributed by atoms with Crippen molar-refractivity contribution in [1.82, 2.24) is 14.5 Å². The zero-order chi connectivity index (χ0) is 20.3. The molecule has 1 aromatic carbocycles. The highest BCUT2D eigenvalue weighted by Gasteiger charge is 2.35. The zero-order valence-corrected chi connectivity index (χ0v) is 18.4. The summed E-state index contributed by atoms with van der Waals surface area (Å²) in [5.74, 6) is -0.111. The SMILES string of the molecule is CCN1CCC(NC(=O)C2CCN(S(=O)(=O)c3c(Cl)cccc3Cl)CC2)CC1. The largest absolute Gasteiger partial charge is 0.353 e. The number of sulfonamides is 1. The van der Waals surface area contributed by atoms with E-state index in [-0.39, 0.29) is 45.9 Å². The van der Waals surface area contributed by atoms with Crippen LogP contribution < -0.4 is 5.32 Å². The van der Waals surface area contributed by atoms with Gasteiger partial charge in [-0.15, -0.1) is 0 Å². The van der Waals surface area contributed by atoms with E-state index in [4.69, 9.17) is 23.2 Å². The maximum atomic E-state index is 12.9. The van der Waals surface area contributed by atoms with Gasteiger partial charge in [-0.25, -0.2) is 8.42 Å². The Balaban J connectivity index is 1.56. The quantitative estimate of drug-likeness (QED) is 0.752. The number of nitrogens with one attached hydrogen (secondary N) is 1. The minimum atomic E-state index is -3.78. The Kier molecular flexibility index (Phi) is 7.26. The van der Waals surface area contributed by atoms with Crippen LogP contribution in [0.15, 0.2) is 23.1 Å². The number of carbonyl (C=O) groups is 1. The minimum Gasteiger partial charge on any atom is -0.353 e. The molecule has 1 N–H and O–H groups in total. The van der Waals surface area contributed by atoms with Crippen LogP contribution in [0.25, 0.3) is 0 Å². The Hall–Kier alpha value is -0.860. The number of amides is 1. The molecule has 3 rings (SSSR count). The van der Waals surface area contributed by atoms with Crippen molar-refractivity contribution >= 4 is 39.1 Å². The Morgan fingerprint density at radius 1 is 1.07 bits per heavy atom. The van der Waals surface area contributed by atoms with E-state index < -0.39 is 10.0 Å². The number of hydrogen-bond donors (Lipinski definition) is 1. The van der Waals surface area contributed by atoms with Gasteiger partial charge >= 0.3 is 0 Å². The molecule has 0 bridgehead atoms. The maximum Gasteiger partial charge on any atom is 0.246 e.